The van der Waals surface area contributed by atoms with Gasteiger partial charge in [-0.2, -0.15) is 4.31 Å². The van der Waals surface area contributed by atoms with Gasteiger partial charge in [0.15, 0.2) is 0 Å². The van der Waals surface area contributed by atoms with Crippen LogP contribution in [0.1, 0.15) is 40.0 Å². The Hall–Kier alpha value is -1.58. The topological polar surface area (TPSA) is 94.3 Å². The number of carbonyl (C=O) groups excluding carboxylic acids is 1. The first-order chi connectivity index (χ1) is 13.1. The Morgan fingerprint density at radius 3 is 2.57 bits per heavy atom. The third-order valence-electron chi connectivity index (χ3n) is 4.77. The van der Waals surface area contributed by atoms with Gasteiger partial charge in [0.25, 0.3) is 0 Å². The molecule has 0 spiro atoms. The third-order valence-corrected chi connectivity index (χ3v) is 7.25. The van der Waals surface area contributed by atoms with Gasteiger partial charge in [0.05, 0.1) is 0 Å². The number of aromatic amines is 1. The van der Waals surface area contributed by atoms with E-state index in [4.69, 9.17) is 0 Å². The zero-order valence-electron chi connectivity index (χ0n) is 16.4. The number of nitrogens with one attached hydrogen (secondary N) is 3. The number of fused-ring (bicyclic) bond motifs is 1. The smallest absolute Gasteiger partial charge is 0.320 e. The maximum Gasteiger partial charge on any atom is 0.320 e. The van der Waals surface area contributed by atoms with Crippen molar-refractivity contribution < 1.29 is 13.2 Å². The molecule has 154 valence electrons. The van der Waals surface area contributed by atoms with Gasteiger partial charge in [-0.1, -0.05) is 36.7 Å². The molecule has 28 heavy (non-hydrogen) atoms. The van der Waals surface area contributed by atoms with E-state index in [1.807, 2.05) is 6.07 Å². The number of hydrogen-bond acceptors (Lipinski definition) is 3. The molecular weight excluding hydrogens is 444 g/mol. The van der Waals surface area contributed by atoms with Crippen molar-refractivity contribution in [2.24, 2.45) is 5.41 Å². The minimum atomic E-state index is -3.72. The second kappa shape index (κ2) is 8.04. The fourth-order valence-electron chi connectivity index (χ4n) is 3.26. The maximum absolute atomic E-state index is 13.3. The summed E-state index contributed by atoms with van der Waals surface area (Å²) in [7, 11) is -3.72. The number of aromatic nitrogens is 1. The molecule has 1 aliphatic heterocycles. The third kappa shape index (κ3) is 4.69. The van der Waals surface area contributed by atoms with E-state index in [-0.39, 0.29) is 16.1 Å². The van der Waals surface area contributed by atoms with Crippen molar-refractivity contribution in [3.63, 3.8) is 0 Å². The average Bonchev–Trinajstić information content (AvgIpc) is 3.21. The maximum atomic E-state index is 13.3. The highest BCUT2D eigenvalue weighted by atomic mass is 79.9. The van der Waals surface area contributed by atoms with Crippen LogP contribution in [0.3, 0.4) is 0 Å². The van der Waals surface area contributed by atoms with Gasteiger partial charge >= 0.3 is 6.03 Å². The summed E-state index contributed by atoms with van der Waals surface area (Å²) >= 11 is 3.41. The Balaban J connectivity index is 1.92. The fraction of sp³-hybridized carbons (Fsp3) is 0.526. The van der Waals surface area contributed by atoms with Crippen molar-refractivity contribution in [2.75, 3.05) is 25.0 Å². The van der Waals surface area contributed by atoms with Crippen LogP contribution in [0.15, 0.2) is 27.6 Å². The Bertz CT molecular complexity index is 973. The normalized spacial score (nSPS) is 15.9. The lowest BCUT2D eigenvalue weighted by atomic mass is 9.92. The lowest BCUT2D eigenvalue weighted by Crippen LogP contribution is -2.33. The Morgan fingerprint density at radius 1 is 1.25 bits per heavy atom. The molecule has 1 saturated heterocycles. The SMILES string of the molecule is CC(C)(C)CCNC(=O)Nc1[nH]c2ccc(Br)cc2c1S(=O)(=O)N1CCCC1. The molecule has 0 unspecified atom stereocenters. The Kier molecular flexibility index (Phi) is 6.07. The minimum absolute atomic E-state index is 0.102. The summed E-state index contributed by atoms with van der Waals surface area (Å²) in [6.07, 6.45) is 2.52. The second-order valence-corrected chi connectivity index (χ2v) is 11.1. The van der Waals surface area contributed by atoms with E-state index in [0.29, 0.717) is 30.5 Å². The summed E-state index contributed by atoms with van der Waals surface area (Å²) in [6.45, 7) is 7.81. The molecule has 3 N–H and O–H groups in total. The molecule has 1 aromatic carbocycles. The predicted octanol–water partition coefficient (Wildman–Crippen LogP) is 4.27. The van der Waals surface area contributed by atoms with Gasteiger partial charge in [-0.05, 0) is 42.9 Å². The molecule has 2 aromatic rings. The van der Waals surface area contributed by atoms with E-state index >= 15 is 0 Å². The zero-order valence-corrected chi connectivity index (χ0v) is 18.8. The standard InChI is InChI=1S/C19H27BrN4O3S/c1-19(2,3)8-9-21-18(25)23-17-16(28(26,27)24-10-4-5-11-24)14-12-13(20)6-7-15(14)22-17/h6-7,12,22H,4-5,8-11H2,1-3H3,(H2,21,23,25). The zero-order chi connectivity index (χ0) is 20.5. The summed E-state index contributed by atoms with van der Waals surface area (Å²) in [4.78, 5) is 15.6. The second-order valence-electron chi connectivity index (χ2n) is 8.32. The van der Waals surface area contributed by atoms with Crippen LogP contribution in [0.2, 0.25) is 0 Å². The molecule has 0 bridgehead atoms. The molecule has 0 atom stereocenters. The summed E-state index contributed by atoms with van der Waals surface area (Å²) in [5.41, 5.74) is 0.760. The van der Waals surface area contributed by atoms with Crippen LogP contribution in [0.25, 0.3) is 10.9 Å². The number of carbonyl (C=O) groups is 1. The Morgan fingerprint density at radius 2 is 1.93 bits per heavy atom. The van der Waals surface area contributed by atoms with Crippen LogP contribution in [-0.4, -0.2) is 43.4 Å². The van der Waals surface area contributed by atoms with Crippen molar-refractivity contribution in [1.82, 2.24) is 14.6 Å². The lowest BCUT2D eigenvalue weighted by molar-refractivity contribution is 0.250. The molecule has 0 radical (unpaired) electrons. The number of benzene rings is 1. The largest absolute Gasteiger partial charge is 0.340 e. The number of H-pyrrole nitrogens is 1. The van der Waals surface area contributed by atoms with Gasteiger partial charge in [0.2, 0.25) is 10.0 Å². The molecule has 1 aromatic heterocycles. The molecule has 1 fully saturated rings. The molecule has 3 rings (SSSR count). The fourth-order valence-corrected chi connectivity index (χ4v) is 5.43. The highest BCUT2D eigenvalue weighted by molar-refractivity contribution is 9.10. The van der Waals surface area contributed by atoms with Crippen LogP contribution in [0.4, 0.5) is 10.6 Å². The van der Waals surface area contributed by atoms with Crippen LogP contribution >= 0.6 is 15.9 Å². The van der Waals surface area contributed by atoms with E-state index < -0.39 is 16.1 Å². The minimum Gasteiger partial charge on any atom is -0.340 e. The van der Waals surface area contributed by atoms with Crippen LogP contribution in [-0.2, 0) is 10.0 Å². The molecule has 2 heterocycles. The van der Waals surface area contributed by atoms with Crippen molar-refractivity contribution in [1.29, 1.82) is 0 Å². The monoisotopic (exact) mass is 470 g/mol. The molecular formula is C19H27BrN4O3S. The summed E-state index contributed by atoms with van der Waals surface area (Å²) in [5.74, 6) is 0.202. The van der Waals surface area contributed by atoms with Crippen LogP contribution in [0, 0.1) is 5.41 Å². The number of halogens is 1. The first-order valence-corrected chi connectivity index (χ1v) is 11.7. The number of rotatable bonds is 5. The summed E-state index contributed by atoms with van der Waals surface area (Å²) in [5, 5.41) is 6.07. The van der Waals surface area contributed by atoms with Crippen molar-refractivity contribution in [3.8, 4) is 0 Å². The molecule has 0 saturated carbocycles. The van der Waals surface area contributed by atoms with E-state index in [9.17, 15) is 13.2 Å². The average molecular weight is 471 g/mol. The number of sulfonamides is 1. The van der Waals surface area contributed by atoms with Crippen molar-refractivity contribution in [3.05, 3.63) is 22.7 Å². The highest BCUT2D eigenvalue weighted by Gasteiger charge is 2.33. The molecule has 2 amide bonds. The number of nitrogens with zero attached hydrogens (tertiary/aromatic N) is 1. The summed E-state index contributed by atoms with van der Waals surface area (Å²) in [6, 6.07) is 4.97. The first kappa shape index (κ1) is 21.1. The van der Waals surface area contributed by atoms with Crippen LogP contribution in [0.5, 0.6) is 0 Å². The number of urea groups is 1. The molecule has 1 aliphatic rings. The number of hydrogen-bond donors (Lipinski definition) is 3. The van der Waals surface area contributed by atoms with Gasteiger partial charge in [0.1, 0.15) is 10.7 Å². The Labute approximate surface area is 174 Å². The van der Waals surface area contributed by atoms with Crippen molar-refractivity contribution >= 4 is 48.7 Å². The van der Waals surface area contributed by atoms with Gasteiger partial charge in [0, 0.05) is 35.0 Å². The molecule has 7 nitrogen and oxygen atoms in total. The van der Waals surface area contributed by atoms with Gasteiger partial charge in [-0.15, -0.1) is 0 Å². The summed E-state index contributed by atoms with van der Waals surface area (Å²) < 4.78 is 28.8. The predicted molar refractivity (Wildman–Crippen MR) is 115 cm³/mol. The number of anilines is 1. The molecule has 0 aliphatic carbocycles. The molecule has 9 heteroatoms. The van der Waals surface area contributed by atoms with E-state index in [2.05, 4.69) is 52.3 Å². The van der Waals surface area contributed by atoms with E-state index in [1.54, 1.807) is 12.1 Å². The van der Waals surface area contributed by atoms with E-state index in [0.717, 1.165) is 23.7 Å². The van der Waals surface area contributed by atoms with Gasteiger partial charge in [-0.25, -0.2) is 13.2 Å². The van der Waals surface area contributed by atoms with Gasteiger partial charge in [-0.3, -0.25) is 5.32 Å². The van der Waals surface area contributed by atoms with E-state index in [1.165, 1.54) is 4.31 Å². The highest BCUT2D eigenvalue weighted by Crippen LogP contribution is 2.35. The number of amides is 2. The van der Waals surface area contributed by atoms with Crippen LogP contribution < -0.4 is 10.6 Å². The lowest BCUT2D eigenvalue weighted by Gasteiger charge is -2.19. The van der Waals surface area contributed by atoms with Crippen molar-refractivity contribution in [2.45, 2.75) is 44.9 Å². The van der Waals surface area contributed by atoms with Gasteiger partial charge < -0.3 is 10.3 Å². The first-order valence-electron chi connectivity index (χ1n) is 9.44. The quantitative estimate of drug-likeness (QED) is 0.608.